The van der Waals surface area contributed by atoms with E-state index in [2.05, 4.69) is 364 Å². The van der Waals surface area contributed by atoms with Crippen molar-refractivity contribution in [3.05, 3.63) is 570 Å². The number of aromatic nitrogens is 9. The third kappa shape index (κ3) is 13.2. The van der Waals surface area contributed by atoms with Gasteiger partial charge >= 0.3 is 0 Å². The molecule has 5 aliphatic rings. The summed E-state index contributed by atoms with van der Waals surface area (Å²) in [7, 11) is 0. The zero-order chi connectivity index (χ0) is 98.7. The smallest absolute Gasteiger partial charge is 0.164 e. The summed E-state index contributed by atoms with van der Waals surface area (Å²) in [5, 5.41) is 7.48. The lowest BCUT2D eigenvalue weighted by atomic mass is 9.67. The molecule has 1 unspecified atom stereocenters. The fourth-order valence-electron chi connectivity index (χ4n) is 24.7. The van der Waals surface area contributed by atoms with Crippen LogP contribution >= 0.6 is 22.7 Å². The number of furan rings is 1. The topological polar surface area (TPSA) is 129 Å². The Morgan fingerprint density at radius 3 is 0.920 bits per heavy atom. The van der Waals surface area contributed by atoms with Gasteiger partial charge in [-0.1, -0.05) is 455 Å². The molecule has 0 bridgehead atoms. The molecular weight excluding hydrogens is 1860 g/mol. The summed E-state index contributed by atoms with van der Waals surface area (Å²) < 4.78 is 12.1. The monoisotopic (exact) mass is 1950 g/mol. The standard InChI is InChI=1S/C46H29N3O.2C46H27N3S/c1-5-15-30(16-6-1)43-47-44(31-17-7-2-8-18-31)49-45(48-43)32-25-27-38-37(29-32)41-39(28-26-36-35-23-13-14-24-40(35)50-42(36)41)46(38,33-19-9-3-10-20-33)34-21-11-4-12-22-34;1-3-13-28(14-4-1)43-47-44(29-15-5-2-6-16-29)49-45(48-43)30-23-24-33-31-17-7-10-20-37(31)46(39(33)25-30)38-21-11-8-18-32(38)35-26-36-34-19-9-12-22-41(34)50-42(36)27-40(35)46;1-3-13-28(14-4-1)43-47-44(29-15-5-2-6-16-29)49-45(48-43)30-23-24-35-39(27-30)46(36-20-10-7-17-31(36)32-18-8-11-21-37(32)46)38-26-25-34-33-19-9-12-22-40(33)50-42(34)41(35)38/h1-29H;2*1-27H. The maximum absolute atomic E-state index is 6.78. The number of thiophene rings is 2. The first-order chi connectivity index (χ1) is 74.3. The lowest BCUT2D eigenvalue weighted by Crippen LogP contribution is -2.28. The van der Waals surface area contributed by atoms with Crippen LogP contribution in [0.15, 0.2) is 508 Å². The summed E-state index contributed by atoms with van der Waals surface area (Å²) in [4.78, 5) is 45.6. The molecular formula is C138H83N9OS2. The Morgan fingerprint density at radius 2 is 0.467 bits per heavy atom. The minimum atomic E-state index is -0.567. The molecule has 5 aliphatic carbocycles. The predicted octanol–water partition coefficient (Wildman–Crippen LogP) is 34.3. The van der Waals surface area contributed by atoms with Gasteiger partial charge in [-0.3, -0.25) is 0 Å². The lowest BCUT2D eigenvalue weighted by Gasteiger charge is -2.33. The van der Waals surface area contributed by atoms with Crippen LogP contribution in [0.1, 0.15) is 66.8 Å². The van der Waals surface area contributed by atoms with E-state index in [4.69, 9.17) is 49.3 Å². The molecule has 0 N–H and O–H groups in total. The van der Waals surface area contributed by atoms with Crippen LogP contribution in [0.5, 0.6) is 0 Å². The molecule has 0 fully saturated rings. The molecule has 0 radical (unpaired) electrons. The highest BCUT2D eigenvalue weighted by Crippen LogP contribution is 2.68. The molecule has 21 aromatic carbocycles. The minimum absolute atomic E-state index is 0.476. The SMILES string of the molecule is c1ccc(-c2nc(-c3ccccc3)nc(-c3ccc4c(c3)-c3c(ccc5c3oc3ccccc35)C4(c3ccccc3)c3ccccc3)n2)cc1.c1ccc(-c2nc(-c3ccccc3)nc(-c3ccc4c(c3)C3(c5ccccc5-4)c4ccccc4-c4cc5c(cc43)sc3ccccc35)n2)cc1.c1ccc(-c2nc(-c3ccccc3)nc(-c3ccc4c(c3)C3(c5ccccc5-c5ccccc53)c3ccc5c(sc6ccccc65)c3-4)n2)cc1. The van der Waals surface area contributed by atoms with Crippen molar-refractivity contribution in [2.24, 2.45) is 0 Å². The van der Waals surface area contributed by atoms with Crippen molar-refractivity contribution in [1.29, 1.82) is 0 Å². The van der Waals surface area contributed by atoms with Crippen molar-refractivity contribution in [2.75, 3.05) is 0 Å². The second kappa shape index (κ2) is 34.6. The first-order valence-electron chi connectivity index (χ1n) is 50.8. The van der Waals surface area contributed by atoms with Gasteiger partial charge in [0.25, 0.3) is 0 Å². The van der Waals surface area contributed by atoms with Crippen LogP contribution in [0.3, 0.4) is 0 Å². The highest BCUT2D eigenvalue weighted by molar-refractivity contribution is 7.26. The summed E-state index contributed by atoms with van der Waals surface area (Å²) in [6.45, 7) is 0. The first kappa shape index (κ1) is 86.4. The molecule has 12 heteroatoms. The van der Waals surface area contributed by atoms with E-state index in [0.29, 0.717) is 52.4 Å². The van der Waals surface area contributed by atoms with Gasteiger partial charge in [-0.2, -0.15) is 0 Å². The summed E-state index contributed by atoms with van der Waals surface area (Å²) >= 11 is 3.79. The van der Waals surface area contributed by atoms with Crippen molar-refractivity contribution in [3.8, 4) is 158 Å². The summed E-state index contributed by atoms with van der Waals surface area (Å²) in [5.74, 6) is 5.88. The molecule has 698 valence electrons. The van der Waals surface area contributed by atoms with E-state index in [1.165, 1.54) is 152 Å². The van der Waals surface area contributed by atoms with Crippen molar-refractivity contribution in [1.82, 2.24) is 44.9 Å². The largest absolute Gasteiger partial charge is 0.455 e. The van der Waals surface area contributed by atoms with Crippen molar-refractivity contribution in [3.63, 3.8) is 0 Å². The van der Waals surface area contributed by atoms with E-state index in [0.717, 1.165) is 83.1 Å². The Bertz CT molecular complexity index is 9890. The second-order valence-corrected chi connectivity index (χ2v) is 41.1. The zero-order valence-electron chi connectivity index (χ0n) is 80.7. The van der Waals surface area contributed by atoms with E-state index in [-0.39, 0.29) is 0 Å². The average Bonchev–Trinajstić information content (AvgIpc) is 1.50. The number of benzene rings is 21. The molecule has 6 heterocycles. The predicted molar refractivity (Wildman–Crippen MR) is 611 cm³/mol. The Hall–Kier alpha value is -19.1. The maximum Gasteiger partial charge on any atom is 0.164 e. The number of hydrogen-bond donors (Lipinski definition) is 0. The second-order valence-electron chi connectivity index (χ2n) is 39.0. The number of fused-ring (bicyclic) bond motifs is 34. The molecule has 0 aliphatic heterocycles. The van der Waals surface area contributed by atoms with Crippen molar-refractivity contribution < 1.29 is 4.42 Å². The summed E-state index contributed by atoms with van der Waals surface area (Å²) in [6, 6.07) is 179. The van der Waals surface area contributed by atoms with Gasteiger partial charge in [0.2, 0.25) is 0 Å². The Kier molecular flexibility index (Phi) is 19.9. The fourth-order valence-corrected chi connectivity index (χ4v) is 27.1. The molecule has 6 aromatic heterocycles. The molecule has 0 saturated carbocycles. The molecule has 0 saturated heterocycles. The van der Waals surface area contributed by atoms with Crippen LogP contribution in [-0.2, 0) is 16.2 Å². The van der Waals surface area contributed by atoms with E-state index in [1.807, 2.05) is 162 Å². The minimum Gasteiger partial charge on any atom is -0.455 e. The summed E-state index contributed by atoms with van der Waals surface area (Å²) in [5.41, 5.74) is 36.7. The van der Waals surface area contributed by atoms with Gasteiger partial charge in [0.1, 0.15) is 11.2 Å². The average molecular weight is 1950 g/mol. The molecule has 1 atom stereocenters. The summed E-state index contributed by atoms with van der Waals surface area (Å²) in [6.07, 6.45) is 0. The van der Waals surface area contributed by atoms with E-state index >= 15 is 0 Å². The zero-order valence-corrected chi connectivity index (χ0v) is 82.3. The number of rotatable bonds is 11. The van der Waals surface area contributed by atoms with Crippen molar-refractivity contribution >= 4 is 85.0 Å². The molecule has 150 heavy (non-hydrogen) atoms. The Balaban J connectivity index is 0.000000103. The lowest BCUT2D eigenvalue weighted by molar-refractivity contribution is 0.669. The number of nitrogens with zero attached hydrogens (tertiary/aromatic N) is 9. The van der Waals surface area contributed by atoms with Gasteiger partial charge in [0.05, 0.1) is 16.2 Å². The highest BCUT2D eigenvalue weighted by Gasteiger charge is 2.55. The quantitative estimate of drug-likeness (QED) is 0.123. The number of hydrogen-bond acceptors (Lipinski definition) is 12. The third-order valence-electron chi connectivity index (χ3n) is 31.1. The van der Waals surface area contributed by atoms with Crippen LogP contribution in [0.25, 0.3) is 220 Å². The van der Waals surface area contributed by atoms with Gasteiger partial charge in [-0.25, -0.2) is 44.9 Å². The molecule has 0 amide bonds. The van der Waals surface area contributed by atoms with E-state index in [9.17, 15) is 0 Å². The number of para-hydroxylation sites is 1. The van der Waals surface area contributed by atoms with Gasteiger partial charge in [-0.15, -0.1) is 22.7 Å². The molecule has 32 rings (SSSR count). The van der Waals surface area contributed by atoms with Gasteiger partial charge in [0.15, 0.2) is 52.4 Å². The van der Waals surface area contributed by atoms with Gasteiger partial charge in [0, 0.05) is 112 Å². The molecule has 27 aromatic rings. The van der Waals surface area contributed by atoms with Gasteiger partial charge in [-0.05, 0) is 160 Å². The molecule has 10 nitrogen and oxygen atoms in total. The first-order valence-corrected chi connectivity index (χ1v) is 52.4. The Morgan fingerprint density at radius 1 is 0.160 bits per heavy atom. The Labute approximate surface area is 872 Å². The van der Waals surface area contributed by atoms with Crippen LogP contribution in [0.2, 0.25) is 0 Å². The third-order valence-corrected chi connectivity index (χ3v) is 33.5. The van der Waals surface area contributed by atoms with Crippen LogP contribution in [-0.4, -0.2) is 44.9 Å². The van der Waals surface area contributed by atoms with Crippen LogP contribution < -0.4 is 0 Å². The molecule has 2 spiro atoms. The maximum atomic E-state index is 6.78. The van der Waals surface area contributed by atoms with Crippen LogP contribution in [0.4, 0.5) is 0 Å². The fraction of sp³-hybridized carbons (Fsp3) is 0.0217. The highest BCUT2D eigenvalue weighted by atomic mass is 32.1. The normalized spacial score (nSPS) is 13.9. The van der Waals surface area contributed by atoms with Crippen molar-refractivity contribution in [2.45, 2.75) is 16.2 Å². The van der Waals surface area contributed by atoms with Gasteiger partial charge < -0.3 is 4.42 Å². The van der Waals surface area contributed by atoms with E-state index in [1.54, 1.807) is 0 Å². The van der Waals surface area contributed by atoms with E-state index < -0.39 is 16.2 Å². The van der Waals surface area contributed by atoms with Crippen LogP contribution in [0, 0.1) is 0 Å².